The highest BCUT2D eigenvalue weighted by Crippen LogP contribution is 2.13. The fraction of sp³-hybridized carbons (Fsp3) is 0.750. The van der Waals surface area contributed by atoms with Crippen molar-refractivity contribution in [3.8, 4) is 0 Å². The molecule has 0 amide bonds. The quantitative estimate of drug-likeness (QED) is 0.475. The fourth-order valence-electron chi connectivity index (χ4n) is 1.06. The largest absolute Gasteiger partial charge is 0.516 e. The molecule has 0 aliphatic carbocycles. The molecule has 1 rings (SSSR count). The van der Waals surface area contributed by atoms with Gasteiger partial charge in [-0.1, -0.05) is 0 Å². The van der Waals surface area contributed by atoms with Crippen LogP contribution in [-0.4, -0.2) is 31.4 Å². The molecule has 0 aromatic rings. The van der Waals surface area contributed by atoms with Gasteiger partial charge in [-0.15, -0.1) is 0 Å². The molecule has 13 heavy (non-hydrogen) atoms. The molecule has 0 saturated carbocycles. The van der Waals surface area contributed by atoms with Crippen LogP contribution in [0.3, 0.4) is 0 Å². The van der Waals surface area contributed by atoms with E-state index in [0.717, 1.165) is 6.42 Å². The third kappa shape index (κ3) is 3.02. The minimum atomic E-state index is -0.956. The van der Waals surface area contributed by atoms with Gasteiger partial charge in [0.25, 0.3) is 0 Å². The van der Waals surface area contributed by atoms with Gasteiger partial charge in [0.1, 0.15) is 0 Å². The van der Waals surface area contributed by atoms with Crippen LogP contribution in [0.5, 0.6) is 0 Å². The van der Waals surface area contributed by atoms with Crippen LogP contribution in [0.15, 0.2) is 0 Å². The molecule has 74 valence electrons. The summed E-state index contributed by atoms with van der Waals surface area (Å²) in [4.78, 5) is 21.8. The molecule has 5 heteroatoms. The van der Waals surface area contributed by atoms with Crippen molar-refractivity contribution >= 4 is 12.1 Å². The van der Waals surface area contributed by atoms with Crippen LogP contribution in [0.2, 0.25) is 0 Å². The van der Waals surface area contributed by atoms with E-state index in [1.165, 1.54) is 0 Å². The van der Waals surface area contributed by atoms with E-state index >= 15 is 0 Å². The van der Waals surface area contributed by atoms with E-state index in [9.17, 15) is 9.59 Å². The first-order valence-corrected chi connectivity index (χ1v) is 4.24. The number of ether oxygens (including phenoxy) is 3. The van der Waals surface area contributed by atoms with Crippen molar-refractivity contribution in [3.63, 3.8) is 0 Å². The zero-order valence-corrected chi connectivity index (χ0v) is 7.45. The van der Waals surface area contributed by atoms with Crippen LogP contribution in [0.4, 0.5) is 4.79 Å². The van der Waals surface area contributed by atoms with Crippen molar-refractivity contribution in [1.29, 1.82) is 0 Å². The summed E-state index contributed by atoms with van der Waals surface area (Å²) in [6.45, 7) is 2.37. The monoisotopic (exact) mass is 188 g/mol. The molecule has 0 N–H and O–H groups in total. The van der Waals surface area contributed by atoms with Gasteiger partial charge >= 0.3 is 12.1 Å². The zero-order chi connectivity index (χ0) is 9.68. The maximum Gasteiger partial charge on any atom is 0.516 e. The van der Waals surface area contributed by atoms with Crippen LogP contribution in [0.1, 0.15) is 19.8 Å². The van der Waals surface area contributed by atoms with Crippen LogP contribution >= 0.6 is 0 Å². The van der Waals surface area contributed by atoms with Crippen LogP contribution in [0.25, 0.3) is 0 Å². The van der Waals surface area contributed by atoms with E-state index in [0.29, 0.717) is 13.0 Å². The molecule has 1 atom stereocenters. The number of hydrogen-bond donors (Lipinski definition) is 0. The highest BCUT2D eigenvalue weighted by atomic mass is 16.7. The first-order valence-electron chi connectivity index (χ1n) is 4.24. The van der Waals surface area contributed by atoms with E-state index in [1.54, 1.807) is 6.92 Å². The van der Waals surface area contributed by atoms with Gasteiger partial charge in [-0.05, 0) is 19.8 Å². The summed E-state index contributed by atoms with van der Waals surface area (Å²) < 4.78 is 13.8. The van der Waals surface area contributed by atoms with Gasteiger partial charge in [0.2, 0.25) is 0 Å². The van der Waals surface area contributed by atoms with E-state index in [1.807, 2.05) is 0 Å². The SMILES string of the molecule is CCOC(=O)OC(=O)C1CCCO1. The first-order chi connectivity index (χ1) is 6.24. The number of rotatable bonds is 2. The molecule has 0 aromatic heterocycles. The Morgan fingerprint density at radius 3 is 2.85 bits per heavy atom. The Balaban J connectivity index is 2.27. The highest BCUT2D eigenvalue weighted by Gasteiger charge is 2.27. The van der Waals surface area contributed by atoms with Crippen molar-refractivity contribution < 1.29 is 23.8 Å². The predicted molar refractivity (Wildman–Crippen MR) is 42.1 cm³/mol. The summed E-state index contributed by atoms with van der Waals surface area (Å²) in [6.07, 6.45) is -0.117. The maximum absolute atomic E-state index is 11.1. The third-order valence-corrected chi connectivity index (χ3v) is 1.64. The van der Waals surface area contributed by atoms with Crippen molar-refractivity contribution in [3.05, 3.63) is 0 Å². The van der Waals surface area contributed by atoms with Gasteiger partial charge in [-0.3, -0.25) is 0 Å². The molecule has 0 spiro atoms. The molecule has 1 aliphatic heterocycles. The molecule has 0 radical (unpaired) electrons. The van der Waals surface area contributed by atoms with Gasteiger partial charge in [0.05, 0.1) is 6.61 Å². The van der Waals surface area contributed by atoms with Gasteiger partial charge in [-0.25, -0.2) is 9.59 Å². The van der Waals surface area contributed by atoms with Crippen LogP contribution in [0, 0.1) is 0 Å². The Labute approximate surface area is 76.0 Å². The number of esters is 1. The molecule has 1 unspecified atom stereocenters. The van der Waals surface area contributed by atoms with Gasteiger partial charge < -0.3 is 14.2 Å². The molecular formula is C8H12O5. The number of hydrogen-bond acceptors (Lipinski definition) is 5. The lowest BCUT2D eigenvalue weighted by atomic mass is 10.2. The predicted octanol–water partition coefficient (Wildman–Crippen LogP) is 0.865. The topological polar surface area (TPSA) is 61.8 Å². The molecule has 1 fully saturated rings. The lowest BCUT2D eigenvalue weighted by Crippen LogP contribution is -2.25. The van der Waals surface area contributed by atoms with Gasteiger partial charge in [0.15, 0.2) is 6.10 Å². The average molecular weight is 188 g/mol. The molecule has 1 aliphatic rings. The molecule has 5 nitrogen and oxygen atoms in total. The average Bonchev–Trinajstić information content (AvgIpc) is 2.55. The molecule has 0 bridgehead atoms. The zero-order valence-electron chi connectivity index (χ0n) is 7.45. The molecule has 0 aromatic carbocycles. The van der Waals surface area contributed by atoms with E-state index in [4.69, 9.17) is 4.74 Å². The lowest BCUT2D eigenvalue weighted by molar-refractivity contribution is -0.150. The third-order valence-electron chi connectivity index (χ3n) is 1.64. The van der Waals surface area contributed by atoms with Crippen LogP contribution in [-0.2, 0) is 19.0 Å². The summed E-state index contributed by atoms with van der Waals surface area (Å²) in [5.41, 5.74) is 0. The second kappa shape index (κ2) is 4.81. The Morgan fingerprint density at radius 1 is 1.54 bits per heavy atom. The summed E-state index contributed by atoms with van der Waals surface area (Å²) in [6, 6.07) is 0. The first kappa shape index (κ1) is 9.98. The lowest BCUT2D eigenvalue weighted by Gasteiger charge is -2.07. The van der Waals surface area contributed by atoms with Gasteiger partial charge in [-0.2, -0.15) is 0 Å². The highest BCUT2D eigenvalue weighted by molar-refractivity contribution is 5.85. The second-order valence-corrected chi connectivity index (χ2v) is 2.61. The second-order valence-electron chi connectivity index (χ2n) is 2.61. The van der Waals surface area contributed by atoms with Crippen LogP contribution < -0.4 is 0 Å². The molecule has 1 heterocycles. The van der Waals surface area contributed by atoms with Crippen molar-refractivity contribution in [2.24, 2.45) is 0 Å². The van der Waals surface area contributed by atoms with Crippen molar-refractivity contribution in [1.82, 2.24) is 0 Å². The maximum atomic E-state index is 11.1. The fourth-order valence-corrected chi connectivity index (χ4v) is 1.06. The van der Waals surface area contributed by atoms with Crippen molar-refractivity contribution in [2.45, 2.75) is 25.9 Å². The molecule has 1 saturated heterocycles. The smallest absolute Gasteiger partial charge is 0.434 e. The summed E-state index contributed by atoms with van der Waals surface area (Å²) in [5, 5.41) is 0. The normalized spacial score (nSPS) is 21.2. The van der Waals surface area contributed by atoms with E-state index < -0.39 is 18.2 Å². The Bertz CT molecular complexity index is 195. The van der Waals surface area contributed by atoms with Crippen molar-refractivity contribution in [2.75, 3.05) is 13.2 Å². The number of carbonyl (C=O) groups is 2. The minimum Gasteiger partial charge on any atom is -0.434 e. The summed E-state index contributed by atoms with van der Waals surface area (Å²) >= 11 is 0. The standard InChI is InChI=1S/C8H12O5/c1-2-11-8(10)13-7(9)6-4-3-5-12-6/h6H,2-5H2,1H3. The Hall–Kier alpha value is -1.10. The molecular weight excluding hydrogens is 176 g/mol. The minimum absolute atomic E-state index is 0.192. The summed E-state index contributed by atoms with van der Waals surface area (Å²) in [5.74, 6) is -0.657. The van der Waals surface area contributed by atoms with Gasteiger partial charge in [0, 0.05) is 6.61 Å². The van der Waals surface area contributed by atoms with E-state index in [-0.39, 0.29) is 6.61 Å². The number of carbonyl (C=O) groups excluding carboxylic acids is 2. The summed E-state index contributed by atoms with van der Waals surface area (Å²) in [7, 11) is 0. The van der Waals surface area contributed by atoms with E-state index in [2.05, 4.69) is 9.47 Å². The Morgan fingerprint density at radius 2 is 2.31 bits per heavy atom. The Kier molecular flexibility index (Phi) is 3.70.